The van der Waals surface area contributed by atoms with Crippen LogP contribution in [0.25, 0.3) is 5.65 Å². The van der Waals surface area contributed by atoms with E-state index in [0.717, 1.165) is 10.7 Å². The number of rotatable bonds is 3. The molecule has 1 aliphatic heterocycles. The van der Waals surface area contributed by atoms with Crippen LogP contribution in [0.4, 0.5) is 8.78 Å². The summed E-state index contributed by atoms with van der Waals surface area (Å²) in [7, 11) is 0. The first-order chi connectivity index (χ1) is 12.5. The minimum atomic E-state index is -3.06. The van der Waals surface area contributed by atoms with Crippen LogP contribution < -0.4 is 0 Å². The minimum Gasteiger partial charge on any atom is -0.324 e. The normalized spacial score (nSPS) is 13.6. The second-order valence-electron chi connectivity index (χ2n) is 5.29. The Bertz CT molecular complexity index is 1040. The van der Waals surface area contributed by atoms with Crippen molar-refractivity contribution in [2.24, 2.45) is 0 Å². The minimum absolute atomic E-state index is 0.0556. The molecule has 0 radical (unpaired) electrons. The molecular weight excluding hydrogens is 350 g/mol. The number of hydroxylamine groups is 2. The third-order valence-corrected chi connectivity index (χ3v) is 3.81. The van der Waals surface area contributed by atoms with Crippen molar-refractivity contribution in [3.8, 4) is 0 Å². The fourth-order valence-electron chi connectivity index (χ4n) is 2.64. The molecule has 130 valence electrons. The van der Waals surface area contributed by atoms with E-state index in [1.165, 1.54) is 24.4 Å². The number of halogens is 2. The molecule has 2 aromatic heterocycles. The Balaban J connectivity index is 1.70. The van der Waals surface area contributed by atoms with Crippen LogP contribution in [-0.2, 0) is 4.84 Å². The summed E-state index contributed by atoms with van der Waals surface area (Å²) in [5.74, 6) is -3.03. The number of nitrogens with zero attached hydrogens (tertiary/aromatic N) is 4. The molecule has 0 aliphatic carbocycles. The molecule has 3 heterocycles. The number of carbonyl (C=O) groups is 3. The lowest BCUT2D eigenvalue weighted by Gasteiger charge is -2.14. The highest BCUT2D eigenvalue weighted by molar-refractivity contribution is 6.21. The maximum absolute atomic E-state index is 13.4. The van der Waals surface area contributed by atoms with E-state index in [0.29, 0.717) is 0 Å². The number of carbonyl (C=O) groups excluding carboxylic acids is 3. The molecular formula is C16H8F2N4O4. The fraction of sp³-hybridized carbons (Fsp3) is 0.0625. The number of alkyl halides is 2. The number of hydrogen-bond acceptors (Lipinski definition) is 6. The molecule has 10 heteroatoms. The largest absolute Gasteiger partial charge is 0.367 e. The van der Waals surface area contributed by atoms with Crippen LogP contribution in [0.1, 0.15) is 43.2 Å². The molecule has 0 spiro atoms. The molecule has 2 amide bonds. The lowest BCUT2D eigenvalue weighted by molar-refractivity contribution is -0.0588. The van der Waals surface area contributed by atoms with Crippen molar-refractivity contribution in [3.63, 3.8) is 0 Å². The van der Waals surface area contributed by atoms with E-state index in [2.05, 4.69) is 10.1 Å². The summed E-state index contributed by atoms with van der Waals surface area (Å²) in [5, 5.41) is 3.94. The zero-order valence-corrected chi connectivity index (χ0v) is 12.8. The van der Waals surface area contributed by atoms with Crippen molar-refractivity contribution in [3.05, 3.63) is 65.1 Å². The summed E-state index contributed by atoms with van der Waals surface area (Å²) in [6, 6.07) is 7.25. The number of aromatic nitrogens is 3. The number of fused-ring (bicyclic) bond motifs is 2. The number of hydrogen-bond donors (Lipinski definition) is 0. The lowest BCUT2D eigenvalue weighted by Crippen LogP contribution is -2.33. The van der Waals surface area contributed by atoms with Crippen LogP contribution in [0.15, 0.2) is 42.7 Å². The van der Waals surface area contributed by atoms with E-state index >= 15 is 0 Å². The van der Waals surface area contributed by atoms with Crippen molar-refractivity contribution in [1.82, 2.24) is 19.7 Å². The van der Waals surface area contributed by atoms with Gasteiger partial charge in [-0.15, -0.1) is 0 Å². The topological polar surface area (TPSA) is 93.9 Å². The molecule has 1 aromatic carbocycles. The highest BCUT2D eigenvalue weighted by Crippen LogP contribution is 2.26. The van der Waals surface area contributed by atoms with Crippen molar-refractivity contribution < 1.29 is 28.0 Å². The lowest BCUT2D eigenvalue weighted by atomic mass is 10.1. The van der Waals surface area contributed by atoms with Crippen LogP contribution in [0.5, 0.6) is 0 Å². The van der Waals surface area contributed by atoms with E-state index in [4.69, 9.17) is 4.84 Å². The number of benzene rings is 1. The van der Waals surface area contributed by atoms with Gasteiger partial charge in [0.05, 0.1) is 17.3 Å². The highest BCUT2D eigenvalue weighted by Gasteiger charge is 2.39. The summed E-state index contributed by atoms with van der Waals surface area (Å²) >= 11 is 0. The van der Waals surface area contributed by atoms with Gasteiger partial charge in [0.1, 0.15) is 11.3 Å². The van der Waals surface area contributed by atoms with E-state index in [1.54, 1.807) is 12.1 Å². The van der Waals surface area contributed by atoms with Crippen LogP contribution in [0.3, 0.4) is 0 Å². The van der Waals surface area contributed by atoms with Gasteiger partial charge in [-0.3, -0.25) is 9.59 Å². The van der Waals surface area contributed by atoms with E-state index in [1.807, 2.05) is 0 Å². The van der Waals surface area contributed by atoms with Crippen LogP contribution >= 0.6 is 0 Å². The molecule has 8 nitrogen and oxygen atoms in total. The summed E-state index contributed by atoms with van der Waals surface area (Å²) in [6.07, 6.45) is -0.933. The molecule has 0 fully saturated rings. The Hall–Kier alpha value is -3.69. The van der Waals surface area contributed by atoms with E-state index < -0.39 is 35.5 Å². The maximum atomic E-state index is 13.4. The second kappa shape index (κ2) is 5.69. The van der Waals surface area contributed by atoms with Crippen molar-refractivity contribution in [2.75, 3.05) is 0 Å². The molecule has 0 saturated carbocycles. The number of imide groups is 1. The van der Waals surface area contributed by atoms with Crippen LogP contribution in [-0.4, -0.2) is 37.4 Å². The zero-order chi connectivity index (χ0) is 18.4. The quantitative estimate of drug-likeness (QED) is 0.665. The second-order valence-corrected chi connectivity index (χ2v) is 5.29. The van der Waals surface area contributed by atoms with Gasteiger partial charge < -0.3 is 4.84 Å². The van der Waals surface area contributed by atoms with Crippen LogP contribution in [0.2, 0.25) is 0 Å². The standard InChI is InChI=1S/C16H8F2N4O4/c17-13(18)12-10(7-19-11-5-6-20-21(11)12)16(25)26-22-14(23)8-3-1-2-4-9(8)15(22)24/h1-7,13H. The Morgan fingerprint density at radius 3 is 2.35 bits per heavy atom. The monoisotopic (exact) mass is 358 g/mol. The molecule has 0 saturated heterocycles. The summed E-state index contributed by atoms with van der Waals surface area (Å²) in [5.41, 5.74) is -1.13. The van der Waals surface area contributed by atoms with Gasteiger partial charge in [0.2, 0.25) is 0 Å². The van der Waals surface area contributed by atoms with Gasteiger partial charge in [0.25, 0.3) is 18.2 Å². The predicted octanol–water partition coefficient (Wildman–Crippen LogP) is 2.03. The highest BCUT2D eigenvalue weighted by atomic mass is 19.3. The van der Waals surface area contributed by atoms with Gasteiger partial charge in [-0.2, -0.15) is 5.10 Å². The molecule has 0 unspecified atom stereocenters. The Morgan fingerprint density at radius 2 is 1.73 bits per heavy atom. The van der Waals surface area contributed by atoms with Crippen molar-refractivity contribution in [1.29, 1.82) is 0 Å². The smallest absolute Gasteiger partial charge is 0.324 e. The van der Waals surface area contributed by atoms with Crippen LogP contribution in [0, 0.1) is 0 Å². The van der Waals surface area contributed by atoms with Gasteiger partial charge in [-0.1, -0.05) is 17.2 Å². The van der Waals surface area contributed by atoms with Crippen molar-refractivity contribution in [2.45, 2.75) is 6.43 Å². The summed E-state index contributed by atoms with van der Waals surface area (Å²) in [4.78, 5) is 45.4. The molecule has 0 N–H and O–H groups in total. The average molecular weight is 358 g/mol. The van der Waals surface area contributed by atoms with Gasteiger partial charge in [0, 0.05) is 12.3 Å². The first-order valence-electron chi connectivity index (χ1n) is 7.30. The fourth-order valence-corrected chi connectivity index (χ4v) is 2.64. The summed E-state index contributed by atoms with van der Waals surface area (Å²) in [6.45, 7) is 0. The predicted molar refractivity (Wildman–Crippen MR) is 80.3 cm³/mol. The van der Waals surface area contributed by atoms with Gasteiger partial charge in [0.15, 0.2) is 5.65 Å². The van der Waals surface area contributed by atoms with Gasteiger partial charge >= 0.3 is 5.97 Å². The Labute approximate surface area is 143 Å². The molecule has 26 heavy (non-hydrogen) atoms. The van der Waals surface area contributed by atoms with Gasteiger partial charge in [-0.05, 0) is 12.1 Å². The van der Waals surface area contributed by atoms with Crippen molar-refractivity contribution >= 4 is 23.4 Å². The Morgan fingerprint density at radius 1 is 1.08 bits per heavy atom. The van der Waals surface area contributed by atoms with E-state index in [9.17, 15) is 23.2 Å². The van der Waals surface area contributed by atoms with Gasteiger partial charge in [-0.25, -0.2) is 23.1 Å². The first-order valence-corrected chi connectivity index (χ1v) is 7.30. The molecule has 4 rings (SSSR count). The SMILES string of the molecule is O=C(ON1C(=O)c2ccccc2C1=O)c1cnc2ccnn2c1C(F)F. The average Bonchev–Trinajstić information content (AvgIpc) is 3.20. The number of amides is 2. The zero-order valence-electron chi connectivity index (χ0n) is 12.8. The molecule has 0 atom stereocenters. The molecule has 0 bridgehead atoms. The summed E-state index contributed by atoms with van der Waals surface area (Å²) < 4.78 is 27.7. The first kappa shape index (κ1) is 15.8. The Kier molecular flexibility index (Phi) is 3.46. The third-order valence-electron chi connectivity index (χ3n) is 3.81. The third kappa shape index (κ3) is 2.23. The molecule has 1 aliphatic rings. The van der Waals surface area contributed by atoms with E-state index in [-0.39, 0.29) is 21.8 Å². The maximum Gasteiger partial charge on any atom is 0.367 e. The molecule has 3 aromatic rings.